The summed E-state index contributed by atoms with van der Waals surface area (Å²) >= 11 is 0. The van der Waals surface area contributed by atoms with Crippen molar-refractivity contribution in [2.75, 3.05) is 5.43 Å². The van der Waals surface area contributed by atoms with Gasteiger partial charge in [-0.05, 0) is 11.1 Å². The summed E-state index contributed by atoms with van der Waals surface area (Å²) in [7, 11) is 0. The summed E-state index contributed by atoms with van der Waals surface area (Å²) in [5.41, 5.74) is 8.32. The van der Waals surface area contributed by atoms with E-state index >= 15 is 0 Å². The molecule has 0 fully saturated rings. The van der Waals surface area contributed by atoms with E-state index in [2.05, 4.69) is 47.9 Å². The van der Waals surface area contributed by atoms with Crippen molar-refractivity contribution in [3.63, 3.8) is 0 Å². The van der Waals surface area contributed by atoms with Crippen molar-refractivity contribution < 1.29 is 0 Å². The monoisotopic (exact) mass is 260 g/mol. The van der Waals surface area contributed by atoms with Gasteiger partial charge in [-0.1, -0.05) is 78.9 Å². The first-order valence-corrected chi connectivity index (χ1v) is 6.60. The summed E-state index contributed by atoms with van der Waals surface area (Å²) in [6, 6.07) is 26.7. The van der Waals surface area contributed by atoms with E-state index in [1.54, 1.807) is 0 Å². The zero-order valence-electron chi connectivity index (χ0n) is 11.1. The van der Waals surface area contributed by atoms with E-state index in [-0.39, 0.29) is 0 Å². The fraction of sp³-hybridized carbons (Fsp3) is 0. The quantitative estimate of drug-likeness (QED) is 0.544. The highest BCUT2D eigenvalue weighted by atomic mass is 15.2. The topological polar surface area (TPSA) is 38.0 Å². The Hall–Kier alpha value is -2.58. The van der Waals surface area contributed by atoms with Gasteiger partial charge in [-0.15, -0.1) is 0 Å². The molecule has 98 valence electrons. The van der Waals surface area contributed by atoms with Gasteiger partial charge in [0.25, 0.3) is 0 Å². The fourth-order valence-corrected chi connectivity index (χ4v) is 2.42. The zero-order chi connectivity index (χ0) is 13.8. The first-order valence-electron chi connectivity index (χ1n) is 6.60. The third-order valence-electron chi connectivity index (χ3n) is 3.38. The molecule has 0 bridgehead atoms. The van der Waals surface area contributed by atoms with Crippen molar-refractivity contribution in [2.24, 2.45) is 5.84 Å². The Labute approximate surface area is 118 Å². The SMILES string of the molecule is NNc1c(-c2ccccc2)cccc1-c1ccccc1. The number of hydrazine groups is 1. The van der Waals surface area contributed by atoms with Gasteiger partial charge in [0.15, 0.2) is 0 Å². The number of para-hydroxylation sites is 1. The van der Waals surface area contributed by atoms with E-state index in [9.17, 15) is 0 Å². The predicted octanol–water partition coefficient (Wildman–Crippen LogP) is 4.31. The molecule has 3 aromatic carbocycles. The van der Waals surface area contributed by atoms with Gasteiger partial charge in [0.1, 0.15) is 0 Å². The Morgan fingerprint density at radius 1 is 0.550 bits per heavy atom. The highest BCUT2D eigenvalue weighted by Crippen LogP contribution is 2.36. The Kier molecular flexibility index (Phi) is 3.48. The largest absolute Gasteiger partial charge is 0.323 e. The molecule has 0 saturated heterocycles. The first-order chi connectivity index (χ1) is 9.90. The van der Waals surface area contributed by atoms with Crippen molar-refractivity contribution >= 4 is 5.69 Å². The van der Waals surface area contributed by atoms with Crippen LogP contribution in [0.1, 0.15) is 0 Å². The predicted molar refractivity (Wildman–Crippen MR) is 85.1 cm³/mol. The van der Waals surface area contributed by atoms with Crippen LogP contribution in [0.5, 0.6) is 0 Å². The molecule has 3 N–H and O–H groups in total. The third kappa shape index (κ3) is 2.29. The van der Waals surface area contributed by atoms with E-state index in [0.717, 1.165) is 27.9 Å². The van der Waals surface area contributed by atoms with Crippen LogP contribution < -0.4 is 11.3 Å². The highest BCUT2D eigenvalue weighted by molar-refractivity contribution is 5.90. The second kappa shape index (κ2) is 5.59. The molecule has 0 amide bonds. The van der Waals surface area contributed by atoms with Gasteiger partial charge in [0.2, 0.25) is 0 Å². The number of nitrogen functional groups attached to an aromatic ring is 1. The number of benzene rings is 3. The fourth-order valence-electron chi connectivity index (χ4n) is 2.42. The number of anilines is 1. The van der Waals surface area contributed by atoms with E-state index in [1.807, 2.05) is 36.4 Å². The molecule has 0 heterocycles. The first kappa shape index (κ1) is 12.5. The molecule has 0 aromatic heterocycles. The van der Waals surface area contributed by atoms with Crippen molar-refractivity contribution in [1.29, 1.82) is 0 Å². The molecule has 2 heteroatoms. The normalized spacial score (nSPS) is 10.2. The maximum absolute atomic E-state index is 5.78. The molecule has 3 aromatic rings. The second-order valence-electron chi connectivity index (χ2n) is 4.60. The van der Waals surface area contributed by atoms with E-state index in [0.29, 0.717) is 0 Å². The van der Waals surface area contributed by atoms with Crippen molar-refractivity contribution in [2.45, 2.75) is 0 Å². The highest BCUT2D eigenvalue weighted by Gasteiger charge is 2.10. The summed E-state index contributed by atoms with van der Waals surface area (Å²) in [5.74, 6) is 5.78. The zero-order valence-corrected chi connectivity index (χ0v) is 11.1. The number of hydrogen-bond donors (Lipinski definition) is 2. The van der Waals surface area contributed by atoms with Gasteiger partial charge in [-0.3, -0.25) is 5.84 Å². The molecule has 0 unspecified atom stereocenters. The Balaban J connectivity index is 2.19. The molecule has 0 aliphatic heterocycles. The molecule has 20 heavy (non-hydrogen) atoms. The average molecular weight is 260 g/mol. The summed E-state index contributed by atoms with van der Waals surface area (Å²) < 4.78 is 0. The summed E-state index contributed by atoms with van der Waals surface area (Å²) in [6.07, 6.45) is 0. The maximum atomic E-state index is 5.78. The van der Waals surface area contributed by atoms with E-state index in [1.165, 1.54) is 0 Å². The maximum Gasteiger partial charge on any atom is 0.0642 e. The lowest BCUT2D eigenvalue weighted by atomic mass is 9.96. The summed E-state index contributed by atoms with van der Waals surface area (Å²) in [4.78, 5) is 0. The molecule has 0 atom stereocenters. The summed E-state index contributed by atoms with van der Waals surface area (Å²) in [6.45, 7) is 0. The van der Waals surface area contributed by atoms with Crippen molar-refractivity contribution in [3.05, 3.63) is 78.9 Å². The average Bonchev–Trinajstić information content (AvgIpc) is 2.55. The van der Waals surface area contributed by atoms with Crippen LogP contribution in [0.25, 0.3) is 22.3 Å². The van der Waals surface area contributed by atoms with Crippen LogP contribution in [0.4, 0.5) is 5.69 Å². The van der Waals surface area contributed by atoms with Gasteiger partial charge < -0.3 is 5.43 Å². The summed E-state index contributed by atoms with van der Waals surface area (Å²) in [5, 5.41) is 0. The standard InChI is InChI=1S/C18H16N2/c19-20-18-16(14-8-3-1-4-9-14)12-7-13-17(18)15-10-5-2-6-11-15/h1-13,20H,19H2. The molecular weight excluding hydrogens is 244 g/mol. The smallest absolute Gasteiger partial charge is 0.0642 e. The van der Waals surface area contributed by atoms with Crippen LogP contribution in [0.3, 0.4) is 0 Å². The third-order valence-corrected chi connectivity index (χ3v) is 3.38. The number of nitrogens with one attached hydrogen (secondary N) is 1. The van der Waals surface area contributed by atoms with Gasteiger partial charge in [0, 0.05) is 11.1 Å². The lowest BCUT2D eigenvalue weighted by Crippen LogP contribution is -2.09. The Bertz CT molecular complexity index is 633. The van der Waals surface area contributed by atoms with Crippen LogP contribution in [0.15, 0.2) is 78.9 Å². The molecule has 2 nitrogen and oxygen atoms in total. The molecule has 0 radical (unpaired) electrons. The lowest BCUT2D eigenvalue weighted by Gasteiger charge is -2.14. The molecule has 0 spiro atoms. The number of hydrogen-bond acceptors (Lipinski definition) is 2. The Morgan fingerprint density at radius 2 is 1.00 bits per heavy atom. The number of rotatable bonds is 3. The van der Waals surface area contributed by atoms with Crippen LogP contribution in [-0.4, -0.2) is 0 Å². The molecule has 3 rings (SSSR count). The van der Waals surface area contributed by atoms with Crippen LogP contribution >= 0.6 is 0 Å². The van der Waals surface area contributed by atoms with E-state index in [4.69, 9.17) is 5.84 Å². The Morgan fingerprint density at radius 3 is 1.40 bits per heavy atom. The molecule has 0 saturated carbocycles. The van der Waals surface area contributed by atoms with E-state index < -0.39 is 0 Å². The minimum absolute atomic E-state index is 0.949. The van der Waals surface area contributed by atoms with Gasteiger partial charge >= 0.3 is 0 Å². The van der Waals surface area contributed by atoms with Crippen molar-refractivity contribution in [3.8, 4) is 22.3 Å². The van der Waals surface area contributed by atoms with Gasteiger partial charge in [-0.2, -0.15) is 0 Å². The lowest BCUT2D eigenvalue weighted by molar-refractivity contribution is 1.35. The minimum Gasteiger partial charge on any atom is -0.323 e. The molecular formula is C18H16N2. The number of nitrogens with two attached hydrogens (primary N) is 1. The van der Waals surface area contributed by atoms with Crippen LogP contribution in [0.2, 0.25) is 0 Å². The minimum atomic E-state index is 0.949. The molecule has 0 aliphatic rings. The second-order valence-corrected chi connectivity index (χ2v) is 4.60. The van der Waals surface area contributed by atoms with Gasteiger partial charge in [-0.25, -0.2) is 0 Å². The van der Waals surface area contributed by atoms with Gasteiger partial charge in [0.05, 0.1) is 5.69 Å². The molecule has 0 aliphatic carbocycles. The van der Waals surface area contributed by atoms with Crippen LogP contribution in [0, 0.1) is 0 Å². The van der Waals surface area contributed by atoms with Crippen molar-refractivity contribution in [1.82, 2.24) is 0 Å². The van der Waals surface area contributed by atoms with Crippen LogP contribution in [-0.2, 0) is 0 Å².